The van der Waals surface area contributed by atoms with Crippen LogP contribution in [0.1, 0.15) is 25.5 Å². The van der Waals surface area contributed by atoms with E-state index in [1.54, 1.807) is 0 Å². The van der Waals surface area contributed by atoms with Crippen LogP contribution in [0.2, 0.25) is 0 Å². The van der Waals surface area contributed by atoms with E-state index in [9.17, 15) is 5.11 Å². The minimum Gasteiger partial charge on any atom is -0.387 e. The van der Waals surface area contributed by atoms with Crippen molar-refractivity contribution in [3.8, 4) is 0 Å². The second-order valence-electron chi connectivity index (χ2n) is 3.41. The Hall–Kier alpha value is -0.860. The molecule has 0 saturated carbocycles. The average molecular weight is 193 g/mol. The number of likely N-dealkylation sites (N-methyl/N-ethyl adjacent to an activating group) is 1. The molecular formula is C12H19NO. The summed E-state index contributed by atoms with van der Waals surface area (Å²) in [4.78, 5) is 2.22. The number of nitrogens with zero attached hydrogens (tertiary/aromatic N) is 1. The molecule has 0 aromatic heterocycles. The molecular weight excluding hydrogens is 174 g/mol. The summed E-state index contributed by atoms with van der Waals surface area (Å²) in [6.45, 7) is 6.92. The Morgan fingerprint density at radius 2 is 1.71 bits per heavy atom. The highest BCUT2D eigenvalue weighted by Gasteiger charge is 2.09. The standard InChI is InChI=1S/C12H19NO/c1-3-13(4-2)10-12(14)11-8-6-5-7-9-11/h5-9,12,14H,3-4,10H2,1-2H3/t12-/m1/s1. The molecule has 0 unspecified atom stereocenters. The van der Waals surface area contributed by atoms with Crippen LogP contribution in [-0.4, -0.2) is 29.6 Å². The summed E-state index contributed by atoms with van der Waals surface area (Å²) in [6, 6.07) is 9.82. The van der Waals surface area contributed by atoms with E-state index in [1.165, 1.54) is 0 Å². The Bertz CT molecular complexity index is 244. The molecule has 1 aromatic rings. The summed E-state index contributed by atoms with van der Waals surface area (Å²) in [5.74, 6) is 0. The van der Waals surface area contributed by atoms with Crippen LogP contribution < -0.4 is 0 Å². The topological polar surface area (TPSA) is 23.5 Å². The minimum atomic E-state index is -0.365. The molecule has 1 N–H and O–H groups in total. The molecule has 0 radical (unpaired) electrons. The van der Waals surface area contributed by atoms with Crippen LogP contribution in [0.25, 0.3) is 0 Å². The molecule has 1 rings (SSSR count). The largest absolute Gasteiger partial charge is 0.387 e. The highest BCUT2D eigenvalue weighted by atomic mass is 16.3. The van der Waals surface area contributed by atoms with Crippen molar-refractivity contribution in [3.05, 3.63) is 35.9 Å². The van der Waals surface area contributed by atoms with E-state index >= 15 is 0 Å². The van der Waals surface area contributed by atoms with Gasteiger partial charge in [-0.1, -0.05) is 44.2 Å². The van der Waals surface area contributed by atoms with E-state index in [0.29, 0.717) is 0 Å². The SMILES string of the molecule is CCN(CC)C[C@@H](O)c1ccccc1. The van der Waals surface area contributed by atoms with E-state index in [4.69, 9.17) is 0 Å². The molecule has 0 aliphatic heterocycles. The van der Waals surface area contributed by atoms with Crippen LogP contribution in [0.4, 0.5) is 0 Å². The molecule has 78 valence electrons. The van der Waals surface area contributed by atoms with Crippen LogP contribution in [0, 0.1) is 0 Å². The summed E-state index contributed by atoms with van der Waals surface area (Å²) in [6.07, 6.45) is -0.365. The zero-order valence-electron chi connectivity index (χ0n) is 8.98. The summed E-state index contributed by atoms with van der Waals surface area (Å²) < 4.78 is 0. The number of aliphatic hydroxyl groups excluding tert-OH is 1. The lowest BCUT2D eigenvalue weighted by molar-refractivity contribution is 0.119. The predicted molar refractivity (Wildman–Crippen MR) is 59.2 cm³/mol. The molecule has 0 heterocycles. The zero-order chi connectivity index (χ0) is 10.4. The Morgan fingerprint density at radius 1 is 1.14 bits per heavy atom. The molecule has 0 saturated heterocycles. The first kappa shape index (κ1) is 11.2. The van der Waals surface area contributed by atoms with Gasteiger partial charge in [-0.25, -0.2) is 0 Å². The highest BCUT2D eigenvalue weighted by Crippen LogP contribution is 2.13. The highest BCUT2D eigenvalue weighted by molar-refractivity contribution is 5.17. The summed E-state index contributed by atoms with van der Waals surface area (Å²) in [7, 11) is 0. The van der Waals surface area contributed by atoms with Gasteiger partial charge in [0.25, 0.3) is 0 Å². The van der Waals surface area contributed by atoms with Gasteiger partial charge in [-0.05, 0) is 18.7 Å². The van der Waals surface area contributed by atoms with Crippen molar-refractivity contribution in [1.29, 1.82) is 0 Å². The monoisotopic (exact) mass is 193 g/mol. The maximum atomic E-state index is 9.91. The molecule has 14 heavy (non-hydrogen) atoms. The average Bonchev–Trinajstić information content (AvgIpc) is 2.26. The van der Waals surface area contributed by atoms with Gasteiger partial charge in [0.15, 0.2) is 0 Å². The van der Waals surface area contributed by atoms with Gasteiger partial charge in [0, 0.05) is 6.54 Å². The fourth-order valence-electron chi connectivity index (χ4n) is 1.51. The fourth-order valence-corrected chi connectivity index (χ4v) is 1.51. The summed E-state index contributed by atoms with van der Waals surface area (Å²) >= 11 is 0. The molecule has 0 fully saturated rings. The molecule has 1 atom stereocenters. The van der Waals surface area contributed by atoms with Gasteiger partial charge in [-0.2, -0.15) is 0 Å². The molecule has 2 heteroatoms. The Morgan fingerprint density at radius 3 is 2.21 bits per heavy atom. The molecule has 2 nitrogen and oxygen atoms in total. The third kappa shape index (κ3) is 3.13. The van der Waals surface area contributed by atoms with Crippen LogP contribution in [0.3, 0.4) is 0 Å². The number of rotatable bonds is 5. The first-order valence-electron chi connectivity index (χ1n) is 5.23. The van der Waals surface area contributed by atoms with Crippen molar-refractivity contribution in [2.75, 3.05) is 19.6 Å². The lowest BCUT2D eigenvalue weighted by Crippen LogP contribution is -2.28. The normalized spacial score (nSPS) is 13.1. The van der Waals surface area contributed by atoms with Gasteiger partial charge in [-0.3, -0.25) is 0 Å². The number of benzene rings is 1. The van der Waals surface area contributed by atoms with E-state index in [-0.39, 0.29) is 6.10 Å². The molecule has 0 amide bonds. The Balaban J connectivity index is 2.54. The third-order valence-electron chi connectivity index (χ3n) is 2.51. The maximum absolute atomic E-state index is 9.91. The minimum absolute atomic E-state index is 0.365. The maximum Gasteiger partial charge on any atom is 0.0916 e. The van der Waals surface area contributed by atoms with Crippen LogP contribution in [0.5, 0.6) is 0 Å². The summed E-state index contributed by atoms with van der Waals surface area (Å²) in [5, 5.41) is 9.91. The van der Waals surface area contributed by atoms with Crippen molar-refractivity contribution in [2.24, 2.45) is 0 Å². The van der Waals surface area contributed by atoms with Crippen molar-refractivity contribution in [2.45, 2.75) is 20.0 Å². The summed E-state index contributed by atoms with van der Waals surface area (Å²) in [5.41, 5.74) is 0.999. The van der Waals surface area contributed by atoms with E-state index in [2.05, 4.69) is 18.7 Å². The van der Waals surface area contributed by atoms with Gasteiger partial charge in [0.1, 0.15) is 0 Å². The van der Waals surface area contributed by atoms with Gasteiger partial charge in [0.2, 0.25) is 0 Å². The third-order valence-corrected chi connectivity index (χ3v) is 2.51. The fraction of sp³-hybridized carbons (Fsp3) is 0.500. The van der Waals surface area contributed by atoms with Gasteiger partial charge in [0.05, 0.1) is 6.10 Å². The molecule has 0 spiro atoms. The van der Waals surface area contributed by atoms with Crippen LogP contribution in [0.15, 0.2) is 30.3 Å². The van der Waals surface area contributed by atoms with Crippen LogP contribution >= 0.6 is 0 Å². The number of aliphatic hydroxyl groups is 1. The van der Waals surface area contributed by atoms with Crippen molar-refractivity contribution in [1.82, 2.24) is 4.90 Å². The molecule has 0 aliphatic rings. The van der Waals surface area contributed by atoms with Crippen LogP contribution in [-0.2, 0) is 0 Å². The Labute approximate surface area is 86.2 Å². The van der Waals surface area contributed by atoms with Gasteiger partial charge >= 0.3 is 0 Å². The second-order valence-corrected chi connectivity index (χ2v) is 3.41. The zero-order valence-corrected chi connectivity index (χ0v) is 8.98. The van der Waals surface area contributed by atoms with Crippen molar-refractivity contribution < 1.29 is 5.11 Å². The van der Waals surface area contributed by atoms with E-state index < -0.39 is 0 Å². The quantitative estimate of drug-likeness (QED) is 0.773. The predicted octanol–water partition coefficient (Wildman–Crippen LogP) is 2.06. The number of hydrogen-bond acceptors (Lipinski definition) is 2. The molecule has 0 bridgehead atoms. The lowest BCUT2D eigenvalue weighted by Gasteiger charge is -2.21. The van der Waals surface area contributed by atoms with Gasteiger partial charge in [-0.15, -0.1) is 0 Å². The number of hydrogen-bond donors (Lipinski definition) is 1. The first-order chi connectivity index (χ1) is 6.77. The van der Waals surface area contributed by atoms with Crippen molar-refractivity contribution in [3.63, 3.8) is 0 Å². The smallest absolute Gasteiger partial charge is 0.0916 e. The van der Waals surface area contributed by atoms with Crippen molar-refractivity contribution >= 4 is 0 Å². The molecule has 0 aliphatic carbocycles. The Kier molecular flexibility index (Phi) is 4.63. The van der Waals surface area contributed by atoms with E-state index in [0.717, 1.165) is 25.2 Å². The second kappa shape index (κ2) is 5.78. The molecule has 1 aromatic carbocycles. The van der Waals surface area contributed by atoms with E-state index in [1.807, 2.05) is 30.3 Å². The van der Waals surface area contributed by atoms with Gasteiger partial charge < -0.3 is 10.0 Å². The lowest BCUT2D eigenvalue weighted by atomic mass is 10.1. The first-order valence-corrected chi connectivity index (χ1v) is 5.23.